The normalized spacial score (nSPS) is 12.4. The van der Waals surface area contributed by atoms with Gasteiger partial charge in [-0.25, -0.2) is 0 Å². The van der Waals surface area contributed by atoms with Gasteiger partial charge in [-0.3, -0.25) is 0 Å². The van der Waals surface area contributed by atoms with E-state index in [1.54, 1.807) is 24.5 Å². The fourth-order valence-electron chi connectivity index (χ4n) is 2.26. The van der Waals surface area contributed by atoms with Gasteiger partial charge in [0.2, 0.25) is 0 Å². The Morgan fingerprint density at radius 3 is 2.52 bits per heavy atom. The number of halogens is 2. The number of methoxy groups -OCH3 is 1. The first kappa shape index (κ1) is 16.6. The molecule has 2 rings (SSSR count). The summed E-state index contributed by atoms with van der Waals surface area (Å²) in [5, 5.41) is 9.11. The average molecular weight is 344 g/mol. The van der Waals surface area contributed by atoms with E-state index in [2.05, 4.69) is 29.9 Å². The van der Waals surface area contributed by atoms with Crippen LogP contribution >= 0.6 is 34.5 Å². The first-order chi connectivity index (χ1) is 10.1. The Hall–Kier alpha value is -0.740. The number of benzene rings is 1. The number of hydrogen-bond acceptors (Lipinski definition) is 3. The van der Waals surface area contributed by atoms with Crippen LogP contribution in [0.4, 0.5) is 0 Å². The summed E-state index contributed by atoms with van der Waals surface area (Å²) in [6, 6.07) is 3.72. The second-order valence-corrected chi connectivity index (χ2v) is 6.46. The molecule has 0 bridgehead atoms. The van der Waals surface area contributed by atoms with Crippen molar-refractivity contribution >= 4 is 34.5 Å². The molecule has 0 aliphatic heterocycles. The van der Waals surface area contributed by atoms with Crippen LogP contribution in [0.5, 0.6) is 5.75 Å². The van der Waals surface area contributed by atoms with Gasteiger partial charge in [0.15, 0.2) is 0 Å². The molecule has 0 aliphatic carbocycles. The van der Waals surface area contributed by atoms with E-state index in [-0.39, 0.29) is 6.04 Å². The van der Waals surface area contributed by atoms with E-state index in [1.807, 2.05) is 6.07 Å². The smallest absolute Gasteiger partial charge is 0.138 e. The number of thiophene rings is 1. The van der Waals surface area contributed by atoms with Gasteiger partial charge in [-0.2, -0.15) is 11.3 Å². The third-order valence-electron chi connectivity index (χ3n) is 3.39. The summed E-state index contributed by atoms with van der Waals surface area (Å²) in [5.74, 6) is 0.599. The summed E-state index contributed by atoms with van der Waals surface area (Å²) in [4.78, 5) is 0. The molecule has 1 aromatic carbocycles. The summed E-state index contributed by atoms with van der Waals surface area (Å²) >= 11 is 14.4. The maximum absolute atomic E-state index is 6.45. The van der Waals surface area contributed by atoms with Crippen molar-refractivity contribution in [1.82, 2.24) is 5.32 Å². The van der Waals surface area contributed by atoms with Crippen LogP contribution < -0.4 is 10.1 Å². The van der Waals surface area contributed by atoms with Gasteiger partial charge in [-0.05, 0) is 53.4 Å². The lowest BCUT2D eigenvalue weighted by Crippen LogP contribution is -2.23. The molecule has 1 heterocycles. The lowest BCUT2D eigenvalue weighted by atomic mass is 9.98. The number of hydrogen-bond donors (Lipinski definition) is 1. The van der Waals surface area contributed by atoms with Gasteiger partial charge in [0.1, 0.15) is 5.75 Å². The molecule has 1 aromatic heterocycles. The minimum Gasteiger partial charge on any atom is -0.495 e. The SMILES string of the molecule is CCCNC(c1cscc1C)c1cc(Cl)c(OC)cc1Cl. The van der Waals surface area contributed by atoms with E-state index in [0.717, 1.165) is 18.5 Å². The van der Waals surface area contributed by atoms with Gasteiger partial charge in [0.05, 0.1) is 18.2 Å². The van der Waals surface area contributed by atoms with Crippen LogP contribution in [0, 0.1) is 6.92 Å². The van der Waals surface area contributed by atoms with Crippen LogP contribution in [0.2, 0.25) is 10.0 Å². The van der Waals surface area contributed by atoms with Crippen LogP contribution in [-0.2, 0) is 0 Å². The Labute approximate surface area is 140 Å². The molecule has 0 radical (unpaired) electrons. The predicted molar refractivity (Wildman–Crippen MR) is 92.2 cm³/mol. The van der Waals surface area contributed by atoms with E-state index < -0.39 is 0 Å². The molecule has 2 aromatic rings. The average Bonchev–Trinajstić information content (AvgIpc) is 2.88. The summed E-state index contributed by atoms with van der Waals surface area (Å²) in [7, 11) is 1.59. The van der Waals surface area contributed by atoms with Gasteiger partial charge in [0, 0.05) is 11.1 Å². The third kappa shape index (κ3) is 3.72. The van der Waals surface area contributed by atoms with Gasteiger partial charge in [-0.15, -0.1) is 0 Å². The molecule has 5 heteroatoms. The van der Waals surface area contributed by atoms with Crippen molar-refractivity contribution in [2.75, 3.05) is 13.7 Å². The quantitative estimate of drug-likeness (QED) is 0.751. The van der Waals surface area contributed by atoms with Gasteiger partial charge < -0.3 is 10.1 Å². The highest BCUT2D eigenvalue weighted by atomic mass is 35.5. The van der Waals surface area contributed by atoms with Crippen molar-refractivity contribution in [1.29, 1.82) is 0 Å². The van der Waals surface area contributed by atoms with Crippen LogP contribution in [0.15, 0.2) is 22.9 Å². The fraction of sp³-hybridized carbons (Fsp3) is 0.375. The first-order valence-electron chi connectivity index (χ1n) is 6.87. The zero-order valence-electron chi connectivity index (χ0n) is 12.4. The first-order valence-corrected chi connectivity index (χ1v) is 8.57. The summed E-state index contributed by atoms with van der Waals surface area (Å²) in [6.07, 6.45) is 1.06. The molecule has 0 saturated carbocycles. The second kappa shape index (κ2) is 7.50. The highest BCUT2D eigenvalue weighted by molar-refractivity contribution is 7.08. The summed E-state index contributed by atoms with van der Waals surface area (Å²) in [5.41, 5.74) is 3.49. The number of ether oxygens (including phenoxy) is 1. The molecular weight excluding hydrogens is 325 g/mol. The highest BCUT2D eigenvalue weighted by Gasteiger charge is 2.20. The molecule has 0 spiro atoms. The summed E-state index contributed by atoms with van der Waals surface area (Å²) < 4.78 is 5.22. The molecule has 0 aliphatic rings. The number of nitrogens with one attached hydrogen (secondary N) is 1. The summed E-state index contributed by atoms with van der Waals surface area (Å²) in [6.45, 7) is 5.18. The third-order valence-corrected chi connectivity index (χ3v) is 4.89. The maximum atomic E-state index is 6.45. The van der Waals surface area contributed by atoms with Crippen LogP contribution in [0.3, 0.4) is 0 Å². The lowest BCUT2D eigenvalue weighted by Gasteiger charge is -2.21. The van der Waals surface area contributed by atoms with Crippen LogP contribution in [-0.4, -0.2) is 13.7 Å². The van der Waals surface area contributed by atoms with Crippen molar-refractivity contribution in [3.8, 4) is 5.75 Å². The van der Waals surface area contributed by atoms with Gasteiger partial charge in [0.25, 0.3) is 0 Å². The molecule has 21 heavy (non-hydrogen) atoms. The van der Waals surface area contributed by atoms with Crippen LogP contribution in [0.25, 0.3) is 0 Å². The Morgan fingerprint density at radius 2 is 1.95 bits per heavy atom. The minimum atomic E-state index is 0.0482. The topological polar surface area (TPSA) is 21.3 Å². The maximum Gasteiger partial charge on any atom is 0.138 e. The van der Waals surface area contributed by atoms with Crippen molar-refractivity contribution in [2.45, 2.75) is 26.3 Å². The molecule has 2 nitrogen and oxygen atoms in total. The zero-order valence-corrected chi connectivity index (χ0v) is 14.7. The predicted octanol–water partition coefficient (Wildman–Crippen LogP) is 5.46. The van der Waals surface area contributed by atoms with Crippen molar-refractivity contribution < 1.29 is 4.74 Å². The van der Waals surface area contributed by atoms with Crippen molar-refractivity contribution in [3.05, 3.63) is 49.6 Å². The molecule has 1 atom stereocenters. The van der Waals surface area contributed by atoms with E-state index in [4.69, 9.17) is 27.9 Å². The number of rotatable bonds is 6. The monoisotopic (exact) mass is 343 g/mol. The van der Waals surface area contributed by atoms with Crippen molar-refractivity contribution in [3.63, 3.8) is 0 Å². The molecule has 1 N–H and O–H groups in total. The largest absolute Gasteiger partial charge is 0.495 e. The molecular formula is C16H19Cl2NOS. The minimum absolute atomic E-state index is 0.0482. The lowest BCUT2D eigenvalue weighted by molar-refractivity contribution is 0.414. The van der Waals surface area contributed by atoms with Gasteiger partial charge in [-0.1, -0.05) is 30.1 Å². The zero-order chi connectivity index (χ0) is 15.4. The Morgan fingerprint density at radius 1 is 1.19 bits per heavy atom. The van der Waals surface area contributed by atoms with E-state index >= 15 is 0 Å². The molecule has 0 fully saturated rings. The standard InChI is InChI=1S/C16H19Cl2NOS/c1-4-5-19-16(12-9-21-8-10(12)2)11-6-14(18)15(20-3)7-13(11)17/h6-9,16,19H,4-5H2,1-3H3. The Kier molecular flexibility index (Phi) is 5.94. The van der Waals surface area contributed by atoms with E-state index in [1.165, 1.54) is 11.1 Å². The van der Waals surface area contributed by atoms with Crippen molar-refractivity contribution in [2.24, 2.45) is 0 Å². The Bertz CT molecular complexity index is 612. The molecule has 1 unspecified atom stereocenters. The highest BCUT2D eigenvalue weighted by Crippen LogP contribution is 2.37. The van der Waals surface area contributed by atoms with E-state index in [9.17, 15) is 0 Å². The van der Waals surface area contributed by atoms with Crippen LogP contribution in [0.1, 0.15) is 36.1 Å². The van der Waals surface area contributed by atoms with Gasteiger partial charge >= 0.3 is 0 Å². The van der Waals surface area contributed by atoms with E-state index in [0.29, 0.717) is 15.8 Å². The second-order valence-electron chi connectivity index (χ2n) is 4.91. The fourth-order valence-corrected chi connectivity index (χ4v) is 3.65. The molecule has 0 saturated heterocycles. The molecule has 114 valence electrons. The Balaban J connectivity index is 2.46. The number of aryl methyl sites for hydroxylation is 1. The molecule has 0 amide bonds.